The molecule has 3 heterocycles. The highest BCUT2D eigenvalue weighted by Gasteiger charge is 2.41. The number of carbonyl (C=O) groups excluding carboxylic acids is 1. The first kappa shape index (κ1) is 15.5. The van der Waals surface area contributed by atoms with Crippen molar-refractivity contribution >= 4 is 5.91 Å². The van der Waals surface area contributed by atoms with Gasteiger partial charge in [0.15, 0.2) is 5.82 Å². The minimum atomic E-state index is -4.55. The summed E-state index contributed by atoms with van der Waals surface area (Å²) in [6.45, 7) is 3.71. The molecule has 0 spiro atoms. The van der Waals surface area contributed by atoms with E-state index < -0.39 is 18.0 Å². The van der Waals surface area contributed by atoms with Gasteiger partial charge in [0.05, 0.1) is 6.04 Å². The van der Waals surface area contributed by atoms with E-state index in [4.69, 9.17) is 0 Å². The van der Waals surface area contributed by atoms with Gasteiger partial charge in [-0.1, -0.05) is 0 Å². The van der Waals surface area contributed by atoms with Crippen LogP contribution in [0.25, 0.3) is 0 Å². The molecule has 0 N–H and O–H groups in total. The summed E-state index contributed by atoms with van der Waals surface area (Å²) in [5, 5.41) is 10.9. The standard InChI is InChI=1S/C13H15F3N6O/c1-8-3-4-17-22(8)7-10(23)20-5-6-21-11(9(20)2)18-19-12(21)13(14,15)16/h3-4,9H,5-7H2,1-2H3. The van der Waals surface area contributed by atoms with Crippen LogP contribution in [0.3, 0.4) is 0 Å². The van der Waals surface area contributed by atoms with Gasteiger partial charge in [0.1, 0.15) is 6.54 Å². The lowest BCUT2D eigenvalue weighted by Gasteiger charge is -2.33. The first-order valence-corrected chi connectivity index (χ1v) is 7.07. The fraction of sp³-hybridized carbons (Fsp3) is 0.538. The molecule has 0 saturated heterocycles. The maximum Gasteiger partial charge on any atom is 0.451 e. The first-order valence-electron chi connectivity index (χ1n) is 7.07. The Labute approximate surface area is 129 Å². The minimum absolute atomic E-state index is 0.0192. The van der Waals surface area contributed by atoms with Crippen LogP contribution in [0.5, 0.6) is 0 Å². The van der Waals surface area contributed by atoms with Crippen LogP contribution >= 0.6 is 0 Å². The van der Waals surface area contributed by atoms with E-state index >= 15 is 0 Å². The number of aromatic nitrogens is 5. The molecule has 2 aromatic heterocycles. The molecule has 1 unspecified atom stereocenters. The topological polar surface area (TPSA) is 68.8 Å². The maximum atomic E-state index is 12.9. The largest absolute Gasteiger partial charge is 0.451 e. The molecule has 23 heavy (non-hydrogen) atoms. The third kappa shape index (κ3) is 2.68. The molecule has 0 aromatic carbocycles. The Kier molecular flexibility index (Phi) is 3.61. The highest BCUT2D eigenvalue weighted by atomic mass is 19.4. The van der Waals surface area contributed by atoms with Crippen LogP contribution in [0.4, 0.5) is 13.2 Å². The van der Waals surface area contributed by atoms with Gasteiger partial charge in [-0.05, 0) is 19.9 Å². The Morgan fingerprint density at radius 3 is 2.70 bits per heavy atom. The quantitative estimate of drug-likeness (QED) is 0.836. The molecular weight excluding hydrogens is 313 g/mol. The Morgan fingerprint density at radius 2 is 2.09 bits per heavy atom. The summed E-state index contributed by atoms with van der Waals surface area (Å²) in [6.07, 6.45) is -2.96. The summed E-state index contributed by atoms with van der Waals surface area (Å²) in [7, 11) is 0. The van der Waals surface area contributed by atoms with Crippen LogP contribution < -0.4 is 0 Å². The van der Waals surface area contributed by atoms with E-state index in [9.17, 15) is 18.0 Å². The molecule has 1 atom stereocenters. The zero-order valence-electron chi connectivity index (χ0n) is 12.6. The van der Waals surface area contributed by atoms with Gasteiger partial charge in [0.2, 0.25) is 11.7 Å². The van der Waals surface area contributed by atoms with Gasteiger partial charge in [-0.15, -0.1) is 10.2 Å². The predicted molar refractivity (Wildman–Crippen MR) is 72.1 cm³/mol. The molecule has 0 radical (unpaired) electrons. The van der Waals surface area contributed by atoms with Gasteiger partial charge in [-0.25, -0.2) is 0 Å². The van der Waals surface area contributed by atoms with Crippen LogP contribution in [0.2, 0.25) is 0 Å². The lowest BCUT2D eigenvalue weighted by molar-refractivity contribution is -0.148. The average molecular weight is 328 g/mol. The number of hydrogen-bond donors (Lipinski definition) is 0. The monoisotopic (exact) mass is 328 g/mol. The van der Waals surface area contributed by atoms with Crippen molar-refractivity contribution in [3.8, 4) is 0 Å². The molecule has 1 amide bonds. The van der Waals surface area contributed by atoms with Crippen LogP contribution in [0, 0.1) is 6.92 Å². The number of rotatable bonds is 2. The van der Waals surface area contributed by atoms with Crippen LogP contribution in [0.15, 0.2) is 12.3 Å². The van der Waals surface area contributed by atoms with E-state index in [0.29, 0.717) is 0 Å². The zero-order valence-corrected chi connectivity index (χ0v) is 12.6. The second-order valence-electron chi connectivity index (χ2n) is 5.42. The molecule has 0 fully saturated rings. The third-order valence-electron chi connectivity index (χ3n) is 3.97. The molecule has 0 saturated carbocycles. The van der Waals surface area contributed by atoms with E-state index in [-0.39, 0.29) is 31.4 Å². The summed E-state index contributed by atoms with van der Waals surface area (Å²) < 4.78 is 41.2. The van der Waals surface area contributed by atoms with Gasteiger partial charge in [-0.3, -0.25) is 9.48 Å². The second-order valence-corrected chi connectivity index (χ2v) is 5.42. The zero-order chi connectivity index (χ0) is 16.8. The maximum absolute atomic E-state index is 12.9. The molecule has 124 valence electrons. The Hall–Kier alpha value is -2.39. The fourth-order valence-electron chi connectivity index (χ4n) is 2.72. The smallest absolute Gasteiger partial charge is 0.329 e. The molecule has 7 nitrogen and oxygen atoms in total. The Balaban J connectivity index is 1.81. The molecule has 3 rings (SSSR count). The van der Waals surface area contributed by atoms with Crippen molar-refractivity contribution in [2.75, 3.05) is 6.54 Å². The van der Waals surface area contributed by atoms with Crippen LogP contribution in [0.1, 0.15) is 30.3 Å². The fourth-order valence-corrected chi connectivity index (χ4v) is 2.72. The van der Waals surface area contributed by atoms with Crippen molar-refractivity contribution in [1.82, 2.24) is 29.4 Å². The number of fused-ring (bicyclic) bond motifs is 1. The van der Waals surface area contributed by atoms with Gasteiger partial charge in [0, 0.05) is 25.0 Å². The molecule has 1 aliphatic heterocycles. The highest BCUT2D eigenvalue weighted by molar-refractivity contribution is 5.76. The second kappa shape index (κ2) is 5.36. The third-order valence-corrected chi connectivity index (χ3v) is 3.97. The van der Waals surface area contributed by atoms with Crippen LogP contribution in [-0.4, -0.2) is 41.9 Å². The number of aryl methyl sites for hydroxylation is 1. The summed E-state index contributed by atoms with van der Waals surface area (Å²) in [5.41, 5.74) is 0.838. The minimum Gasteiger partial charge on any atom is -0.329 e. The molecule has 2 aromatic rings. The molecule has 1 aliphatic rings. The Morgan fingerprint density at radius 1 is 1.35 bits per heavy atom. The molecule has 10 heteroatoms. The number of hydrogen-bond acceptors (Lipinski definition) is 4. The van der Waals surface area contributed by atoms with Crippen LogP contribution in [-0.2, 0) is 24.1 Å². The predicted octanol–water partition coefficient (Wildman–Crippen LogP) is 1.41. The van der Waals surface area contributed by atoms with E-state index in [0.717, 1.165) is 10.3 Å². The van der Waals surface area contributed by atoms with Crippen molar-refractivity contribution < 1.29 is 18.0 Å². The summed E-state index contributed by atoms with van der Waals surface area (Å²) in [6, 6.07) is 1.20. The lowest BCUT2D eigenvalue weighted by Crippen LogP contribution is -2.43. The molecule has 0 aliphatic carbocycles. The van der Waals surface area contributed by atoms with E-state index in [1.807, 2.05) is 6.92 Å². The summed E-state index contributed by atoms with van der Waals surface area (Å²) in [4.78, 5) is 13.9. The first-order chi connectivity index (χ1) is 10.8. The number of amides is 1. The van der Waals surface area contributed by atoms with Gasteiger partial charge in [-0.2, -0.15) is 18.3 Å². The number of nitrogens with zero attached hydrogens (tertiary/aromatic N) is 6. The van der Waals surface area contributed by atoms with Gasteiger partial charge >= 0.3 is 6.18 Å². The van der Waals surface area contributed by atoms with Gasteiger partial charge in [0.25, 0.3) is 0 Å². The van der Waals surface area contributed by atoms with Crippen molar-refractivity contribution in [3.63, 3.8) is 0 Å². The van der Waals surface area contributed by atoms with Crippen molar-refractivity contribution in [2.45, 2.75) is 39.2 Å². The van der Waals surface area contributed by atoms with E-state index in [2.05, 4.69) is 15.3 Å². The molecular formula is C13H15F3N6O. The number of carbonyl (C=O) groups is 1. The number of halogens is 3. The van der Waals surface area contributed by atoms with E-state index in [1.165, 1.54) is 4.90 Å². The molecule has 0 bridgehead atoms. The van der Waals surface area contributed by atoms with Gasteiger partial charge < -0.3 is 9.47 Å². The number of alkyl halides is 3. The normalized spacial score (nSPS) is 18.1. The lowest BCUT2D eigenvalue weighted by atomic mass is 10.2. The average Bonchev–Trinajstić information content (AvgIpc) is 3.06. The highest BCUT2D eigenvalue weighted by Crippen LogP contribution is 2.32. The Bertz CT molecular complexity index is 734. The van der Waals surface area contributed by atoms with Crippen molar-refractivity contribution in [2.24, 2.45) is 0 Å². The SMILES string of the molecule is Cc1ccnn1CC(=O)N1CCn2c(nnc2C(F)(F)F)C1C. The summed E-state index contributed by atoms with van der Waals surface area (Å²) >= 11 is 0. The van der Waals surface area contributed by atoms with Crippen molar-refractivity contribution in [3.05, 3.63) is 29.6 Å². The summed E-state index contributed by atoms with van der Waals surface area (Å²) in [5.74, 6) is -1.09. The van der Waals surface area contributed by atoms with Crippen molar-refractivity contribution in [1.29, 1.82) is 0 Å². The van der Waals surface area contributed by atoms with E-state index in [1.54, 1.807) is 23.9 Å².